The van der Waals surface area contributed by atoms with Crippen LogP contribution in [0.25, 0.3) is 0 Å². The first-order valence-corrected chi connectivity index (χ1v) is 4.56. The smallest absolute Gasteiger partial charge is 0.278 e. The quantitative estimate of drug-likeness (QED) is 0.758. The molecule has 7 heteroatoms. The van der Waals surface area contributed by atoms with Crippen LogP contribution >= 0.6 is 0 Å². The number of rotatable bonds is 1. The monoisotopic (exact) mass is 231 g/mol. The Morgan fingerprint density at radius 2 is 2.12 bits per heavy atom. The molecule has 1 saturated heterocycles. The van der Waals surface area contributed by atoms with E-state index in [1.54, 1.807) is 12.1 Å². The SMILES string of the molecule is CN1CN(c2[c]ccc(C(F)(F)F)c2)NN1. The molecule has 0 unspecified atom stereocenters. The van der Waals surface area contributed by atoms with Crippen LogP contribution in [0.5, 0.6) is 0 Å². The Morgan fingerprint density at radius 1 is 1.38 bits per heavy atom. The Morgan fingerprint density at radius 3 is 2.69 bits per heavy atom. The standard InChI is InChI=1S/C9H10F3N4/c1-15-6-16(14-13-15)8-4-2-3-7(5-8)9(10,11)12/h2-3,5,13-14H,6H2,1H3. The van der Waals surface area contributed by atoms with Crippen LogP contribution in [0.1, 0.15) is 5.56 Å². The highest BCUT2D eigenvalue weighted by molar-refractivity contribution is 5.47. The number of hydrazine groups is 3. The fourth-order valence-electron chi connectivity index (χ4n) is 1.35. The van der Waals surface area contributed by atoms with Crippen molar-refractivity contribution in [2.75, 3.05) is 18.7 Å². The van der Waals surface area contributed by atoms with E-state index in [0.717, 1.165) is 12.1 Å². The van der Waals surface area contributed by atoms with E-state index in [9.17, 15) is 13.2 Å². The zero-order valence-electron chi connectivity index (χ0n) is 8.47. The Kier molecular flexibility index (Phi) is 2.75. The maximum atomic E-state index is 12.5. The minimum Gasteiger partial charge on any atom is -0.278 e. The third-order valence-electron chi connectivity index (χ3n) is 2.13. The van der Waals surface area contributed by atoms with Crippen LogP contribution in [-0.2, 0) is 6.18 Å². The lowest BCUT2D eigenvalue weighted by Gasteiger charge is -2.17. The molecule has 1 heterocycles. The summed E-state index contributed by atoms with van der Waals surface area (Å²) in [5.74, 6) is 0. The zero-order valence-corrected chi connectivity index (χ0v) is 8.47. The summed E-state index contributed by atoms with van der Waals surface area (Å²) in [4.78, 5) is 0. The van der Waals surface area contributed by atoms with Crippen LogP contribution in [0.3, 0.4) is 0 Å². The van der Waals surface area contributed by atoms with Gasteiger partial charge in [0.05, 0.1) is 11.3 Å². The maximum absolute atomic E-state index is 12.5. The number of nitrogens with one attached hydrogen (secondary N) is 2. The van der Waals surface area contributed by atoms with Crippen molar-refractivity contribution in [3.63, 3.8) is 0 Å². The van der Waals surface area contributed by atoms with E-state index >= 15 is 0 Å². The molecule has 1 aromatic rings. The third kappa shape index (κ3) is 2.26. The minimum atomic E-state index is -4.33. The van der Waals surface area contributed by atoms with E-state index in [1.807, 2.05) is 0 Å². The van der Waals surface area contributed by atoms with Crippen molar-refractivity contribution in [2.45, 2.75) is 6.18 Å². The number of halogens is 3. The molecule has 1 aliphatic heterocycles. The molecular weight excluding hydrogens is 221 g/mol. The Bertz CT molecular complexity index is 379. The van der Waals surface area contributed by atoms with Gasteiger partial charge in [0.2, 0.25) is 0 Å². The van der Waals surface area contributed by atoms with Gasteiger partial charge < -0.3 is 0 Å². The predicted molar refractivity (Wildman–Crippen MR) is 51.7 cm³/mol. The van der Waals surface area contributed by atoms with Gasteiger partial charge in [0.15, 0.2) is 0 Å². The fraction of sp³-hybridized carbons (Fsp3) is 0.333. The summed E-state index contributed by atoms with van der Waals surface area (Å²) in [6.07, 6.45) is -4.33. The topological polar surface area (TPSA) is 30.5 Å². The molecule has 16 heavy (non-hydrogen) atoms. The highest BCUT2D eigenvalue weighted by Gasteiger charge is 2.31. The number of hydrogen-bond acceptors (Lipinski definition) is 4. The van der Waals surface area contributed by atoms with Crippen LogP contribution in [0.15, 0.2) is 18.2 Å². The van der Waals surface area contributed by atoms with Crippen LogP contribution in [-0.4, -0.2) is 18.7 Å². The van der Waals surface area contributed by atoms with E-state index in [-0.39, 0.29) is 0 Å². The Balaban J connectivity index is 2.23. The predicted octanol–water partition coefficient (Wildman–Crippen LogP) is 1.14. The minimum absolute atomic E-state index is 0.340. The van der Waals surface area contributed by atoms with Gasteiger partial charge in [0.1, 0.15) is 6.67 Å². The van der Waals surface area contributed by atoms with Gasteiger partial charge in [-0.1, -0.05) is 6.07 Å². The lowest BCUT2D eigenvalue weighted by Crippen LogP contribution is -2.37. The summed E-state index contributed by atoms with van der Waals surface area (Å²) in [7, 11) is 1.76. The second kappa shape index (κ2) is 3.93. The molecule has 0 spiro atoms. The second-order valence-electron chi connectivity index (χ2n) is 3.45. The van der Waals surface area contributed by atoms with E-state index < -0.39 is 11.7 Å². The van der Waals surface area contributed by atoms with Gasteiger partial charge in [0.25, 0.3) is 0 Å². The molecule has 0 saturated carbocycles. The molecule has 2 N–H and O–H groups in total. The van der Waals surface area contributed by atoms with Gasteiger partial charge in [-0.25, -0.2) is 5.01 Å². The highest BCUT2D eigenvalue weighted by atomic mass is 19.4. The fourth-order valence-corrected chi connectivity index (χ4v) is 1.35. The molecule has 2 rings (SSSR count). The molecule has 0 atom stereocenters. The molecule has 1 aromatic carbocycles. The summed E-state index contributed by atoms with van der Waals surface area (Å²) >= 11 is 0. The van der Waals surface area contributed by atoms with E-state index in [1.165, 1.54) is 11.1 Å². The van der Waals surface area contributed by atoms with Gasteiger partial charge in [-0.05, 0) is 12.1 Å². The van der Waals surface area contributed by atoms with Crippen molar-refractivity contribution < 1.29 is 13.2 Å². The van der Waals surface area contributed by atoms with Crippen molar-refractivity contribution in [1.82, 2.24) is 16.1 Å². The molecule has 1 aliphatic rings. The van der Waals surface area contributed by atoms with Crippen molar-refractivity contribution >= 4 is 5.69 Å². The van der Waals surface area contributed by atoms with Crippen molar-refractivity contribution in [1.29, 1.82) is 0 Å². The average Bonchev–Trinajstić information content (AvgIpc) is 2.64. The zero-order chi connectivity index (χ0) is 11.8. The molecule has 1 radical (unpaired) electrons. The molecule has 0 aliphatic carbocycles. The largest absolute Gasteiger partial charge is 0.416 e. The number of hydrogen-bond donors (Lipinski definition) is 2. The first-order chi connectivity index (χ1) is 7.47. The van der Waals surface area contributed by atoms with Crippen LogP contribution in [0.2, 0.25) is 0 Å². The molecule has 0 aromatic heterocycles. The van der Waals surface area contributed by atoms with Crippen molar-refractivity contribution in [2.24, 2.45) is 0 Å². The van der Waals surface area contributed by atoms with Gasteiger partial charge in [-0.3, -0.25) is 5.01 Å². The summed E-state index contributed by atoms with van der Waals surface area (Å²) in [5, 5.41) is 3.21. The second-order valence-corrected chi connectivity index (χ2v) is 3.45. The third-order valence-corrected chi connectivity index (χ3v) is 2.13. The highest BCUT2D eigenvalue weighted by Crippen LogP contribution is 2.31. The van der Waals surface area contributed by atoms with Crippen LogP contribution in [0, 0.1) is 6.07 Å². The van der Waals surface area contributed by atoms with Gasteiger partial charge in [-0.15, -0.1) is 0 Å². The van der Waals surface area contributed by atoms with Crippen molar-refractivity contribution in [3.8, 4) is 0 Å². The number of benzene rings is 1. The number of alkyl halides is 3. The van der Waals surface area contributed by atoms with Gasteiger partial charge >= 0.3 is 6.18 Å². The number of nitrogens with zero attached hydrogens (tertiary/aromatic N) is 2. The molecule has 1 fully saturated rings. The molecular formula is C9H10F3N4. The van der Waals surface area contributed by atoms with Crippen LogP contribution in [0.4, 0.5) is 18.9 Å². The van der Waals surface area contributed by atoms with E-state index in [4.69, 9.17) is 0 Å². The van der Waals surface area contributed by atoms with Gasteiger partial charge in [-0.2, -0.15) is 24.2 Å². The molecule has 0 amide bonds. The Hall–Kier alpha value is -1.31. The average molecular weight is 231 g/mol. The summed E-state index contributed by atoms with van der Waals surface area (Å²) in [5.41, 5.74) is 5.10. The normalized spacial score (nSPS) is 18.1. The molecule has 87 valence electrons. The first-order valence-electron chi connectivity index (χ1n) is 4.56. The summed E-state index contributed by atoms with van der Waals surface area (Å²) in [6.45, 7) is 0.428. The molecule has 4 nitrogen and oxygen atoms in total. The van der Waals surface area contributed by atoms with Crippen molar-refractivity contribution in [3.05, 3.63) is 29.8 Å². The van der Waals surface area contributed by atoms with Gasteiger partial charge in [0, 0.05) is 13.1 Å². The lowest BCUT2D eigenvalue weighted by molar-refractivity contribution is -0.137. The summed E-state index contributed by atoms with van der Waals surface area (Å²) in [6, 6.07) is 6.05. The summed E-state index contributed by atoms with van der Waals surface area (Å²) < 4.78 is 37.4. The van der Waals surface area contributed by atoms with Crippen LogP contribution < -0.4 is 16.1 Å². The first kappa shape index (κ1) is 11.2. The number of anilines is 1. The lowest BCUT2D eigenvalue weighted by atomic mass is 10.2. The van der Waals surface area contributed by atoms with E-state index in [0.29, 0.717) is 12.4 Å². The Labute approximate surface area is 90.5 Å². The molecule has 0 bridgehead atoms. The maximum Gasteiger partial charge on any atom is 0.416 e. The van der Waals surface area contributed by atoms with E-state index in [2.05, 4.69) is 17.1 Å².